The van der Waals surface area contributed by atoms with Crippen LogP contribution in [0.3, 0.4) is 0 Å². The van der Waals surface area contributed by atoms with E-state index in [1.807, 2.05) is 55.4 Å². The molecule has 0 radical (unpaired) electrons. The number of rotatable bonds is 20. The fraction of sp³-hybridized carbons (Fsp3) is 1.00. The molecule has 0 saturated carbocycles. The van der Waals surface area contributed by atoms with Crippen LogP contribution in [0.25, 0.3) is 0 Å². The van der Waals surface area contributed by atoms with Crippen molar-refractivity contribution in [1.29, 1.82) is 0 Å². The van der Waals surface area contributed by atoms with Gasteiger partial charge in [-0.2, -0.15) is 0 Å². The molecule has 0 saturated heterocycles. The van der Waals surface area contributed by atoms with E-state index in [2.05, 4.69) is 0 Å². The van der Waals surface area contributed by atoms with Crippen LogP contribution in [0.4, 0.5) is 0 Å². The molecule has 0 aromatic rings. The van der Waals surface area contributed by atoms with E-state index >= 15 is 0 Å². The summed E-state index contributed by atoms with van der Waals surface area (Å²) in [5, 5.41) is 72.4. The van der Waals surface area contributed by atoms with Gasteiger partial charge in [-0.15, -0.1) is 0 Å². The molecule has 8 nitrogen and oxygen atoms in total. The Morgan fingerprint density at radius 3 is 0.561 bits per heavy atom. The smallest absolute Gasteiger partial charge is 0.396 e. The summed E-state index contributed by atoms with van der Waals surface area (Å²) >= 11 is 0. The summed E-state index contributed by atoms with van der Waals surface area (Å²) in [6.07, 6.45) is 9.37. The molecule has 8 N–H and O–H groups in total. The van der Waals surface area contributed by atoms with E-state index in [1.54, 1.807) is 0 Å². The zero-order chi connectivity index (χ0) is 31.9. The molecule has 0 aliphatic carbocycles. The Balaban J connectivity index is -0.000000139. The molecule has 0 aromatic heterocycles. The molecule has 8 unspecified atom stereocenters. The van der Waals surface area contributed by atoms with Crippen molar-refractivity contribution < 1.29 is 62.6 Å². The molecule has 0 bridgehead atoms. The van der Waals surface area contributed by atoms with E-state index in [-0.39, 0.29) is 96.2 Å². The fourth-order valence-corrected chi connectivity index (χ4v) is 4.22. The molecule has 0 amide bonds. The number of hydrogen-bond donors (Lipinski definition) is 8. The summed E-state index contributed by atoms with van der Waals surface area (Å²) in [7, 11) is 0. The standard InChI is InChI=1S/4C8H18O2.Ti/c4*1-3-5-8(10)7(4-2)6-9;/h4*7-10H,3-6H2,1-2H3;/q;;;;+4. The van der Waals surface area contributed by atoms with Gasteiger partial charge in [0.25, 0.3) is 0 Å². The van der Waals surface area contributed by atoms with Crippen molar-refractivity contribution in [2.24, 2.45) is 23.7 Å². The van der Waals surface area contributed by atoms with E-state index in [9.17, 15) is 20.4 Å². The first-order valence-electron chi connectivity index (χ1n) is 16.2. The average Bonchev–Trinajstić information content (AvgIpc) is 2.93. The van der Waals surface area contributed by atoms with Gasteiger partial charge in [-0.25, -0.2) is 0 Å². The molecule has 0 heterocycles. The van der Waals surface area contributed by atoms with Crippen LogP contribution in [0, 0.1) is 23.7 Å². The van der Waals surface area contributed by atoms with Gasteiger partial charge in [-0.1, -0.05) is 81.1 Å². The summed E-state index contributed by atoms with van der Waals surface area (Å²) < 4.78 is 0. The van der Waals surface area contributed by atoms with Crippen LogP contribution in [0.1, 0.15) is 132 Å². The van der Waals surface area contributed by atoms with Crippen molar-refractivity contribution in [3.63, 3.8) is 0 Å². The maximum absolute atomic E-state index is 9.35. The van der Waals surface area contributed by atoms with Gasteiger partial charge in [0, 0.05) is 50.1 Å². The van der Waals surface area contributed by atoms with E-state index in [0.29, 0.717) is 0 Å². The number of hydrogen-bond acceptors (Lipinski definition) is 8. The number of aliphatic hydroxyl groups excluding tert-OH is 8. The summed E-state index contributed by atoms with van der Waals surface area (Å²) in [6, 6.07) is 0. The van der Waals surface area contributed by atoms with Crippen molar-refractivity contribution in [3.8, 4) is 0 Å². The molecular formula is C32H72O8Ti+4. The minimum atomic E-state index is -0.306. The monoisotopic (exact) mass is 632 g/mol. The molecule has 0 aliphatic heterocycles. The molecule has 8 atom stereocenters. The molecule has 41 heavy (non-hydrogen) atoms. The quantitative estimate of drug-likeness (QED) is 0.0899. The van der Waals surface area contributed by atoms with Crippen molar-refractivity contribution in [3.05, 3.63) is 0 Å². The van der Waals surface area contributed by atoms with Gasteiger partial charge >= 0.3 is 21.7 Å². The predicted octanol–water partition coefficient (Wildman–Crippen LogP) is 4.66. The van der Waals surface area contributed by atoms with Crippen LogP contribution in [-0.4, -0.2) is 91.7 Å². The Bertz CT molecular complexity index is 365. The maximum atomic E-state index is 9.35. The van der Waals surface area contributed by atoms with E-state index in [1.165, 1.54) is 0 Å². The SMILES string of the molecule is CCCC(O)C(CC)CO.CCCC(O)C(CC)CO.CCCC(O)C(CC)CO.CCCC(O)C(CC)CO.[Ti+4]. The van der Waals surface area contributed by atoms with Gasteiger partial charge in [-0.3, -0.25) is 0 Å². The van der Waals surface area contributed by atoms with E-state index in [0.717, 1.165) is 77.0 Å². The van der Waals surface area contributed by atoms with Crippen molar-refractivity contribution in [1.82, 2.24) is 0 Å². The third-order valence-corrected chi connectivity index (χ3v) is 7.55. The third kappa shape index (κ3) is 30.2. The van der Waals surface area contributed by atoms with Crippen LogP contribution in [-0.2, 0) is 21.7 Å². The van der Waals surface area contributed by atoms with Crippen LogP contribution in [0.15, 0.2) is 0 Å². The molecule has 9 heteroatoms. The second kappa shape index (κ2) is 38.4. The zero-order valence-corrected chi connectivity index (χ0v) is 29.6. The van der Waals surface area contributed by atoms with E-state index < -0.39 is 0 Å². The zero-order valence-electron chi connectivity index (χ0n) is 28.0. The minimum Gasteiger partial charge on any atom is -0.396 e. The maximum Gasteiger partial charge on any atom is 4.00 e. The Labute approximate surface area is 268 Å². The molecule has 0 aromatic carbocycles. The Kier molecular flexibility index (Phi) is 47.8. The van der Waals surface area contributed by atoms with Crippen LogP contribution in [0.2, 0.25) is 0 Å². The normalized spacial score (nSPS) is 16.4. The molecule has 248 valence electrons. The predicted molar refractivity (Wildman–Crippen MR) is 167 cm³/mol. The summed E-state index contributed by atoms with van der Waals surface area (Å²) in [6.45, 7) is 16.5. The first kappa shape index (κ1) is 51.0. The van der Waals surface area contributed by atoms with Crippen molar-refractivity contribution in [2.45, 2.75) is 157 Å². The molecule has 0 spiro atoms. The van der Waals surface area contributed by atoms with Gasteiger partial charge in [0.1, 0.15) is 0 Å². The average molecular weight is 633 g/mol. The minimum absolute atomic E-state index is 0. The Morgan fingerprint density at radius 2 is 0.488 bits per heavy atom. The van der Waals surface area contributed by atoms with Crippen LogP contribution < -0.4 is 0 Å². The molecular weight excluding hydrogens is 560 g/mol. The van der Waals surface area contributed by atoms with E-state index in [4.69, 9.17) is 20.4 Å². The largest absolute Gasteiger partial charge is 4.00 e. The second-order valence-corrected chi connectivity index (χ2v) is 10.8. The second-order valence-electron chi connectivity index (χ2n) is 10.8. The first-order valence-corrected chi connectivity index (χ1v) is 16.2. The van der Waals surface area contributed by atoms with Gasteiger partial charge in [-0.05, 0) is 51.4 Å². The first-order chi connectivity index (χ1) is 19.0. The Morgan fingerprint density at radius 1 is 0.341 bits per heavy atom. The summed E-state index contributed by atoms with van der Waals surface area (Å²) in [5.74, 6) is 0.333. The van der Waals surface area contributed by atoms with Gasteiger partial charge in [0.05, 0.1) is 24.4 Å². The van der Waals surface area contributed by atoms with Crippen LogP contribution >= 0.6 is 0 Å². The summed E-state index contributed by atoms with van der Waals surface area (Å²) in [5.41, 5.74) is 0. The Hall–Kier alpha value is 0.394. The summed E-state index contributed by atoms with van der Waals surface area (Å²) in [4.78, 5) is 0. The molecule has 0 rings (SSSR count). The van der Waals surface area contributed by atoms with Crippen molar-refractivity contribution >= 4 is 0 Å². The van der Waals surface area contributed by atoms with Crippen LogP contribution in [0.5, 0.6) is 0 Å². The van der Waals surface area contributed by atoms with Gasteiger partial charge in [0.15, 0.2) is 0 Å². The fourth-order valence-electron chi connectivity index (χ4n) is 4.22. The molecule has 0 aliphatic rings. The molecule has 0 fully saturated rings. The van der Waals surface area contributed by atoms with Crippen molar-refractivity contribution in [2.75, 3.05) is 26.4 Å². The number of aliphatic hydroxyl groups is 8. The van der Waals surface area contributed by atoms with Gasteiger partial charge < -0.3 is 40.9 Å². The van der Waals surface area contributed by atoms with Gasteiger partial charge in [0.2, 0.25) is 0 Å². The topological polar surface area (TPSA) is 162 Å². The third-order valence-electron chi connectivity index (χ3n) is 7.55.